The van der Waals surface area contributed by atoms with Crippen LogP contribution in [-0.4, -0.2) is 21.0 Å². The fourth-order valence-corrected chi connectivity index (χ4v) is 1.20. The lowest BCUT2D eigenvalue weighted by Gasteiger charge is -2.04. The topological polar surface area (TPSA) is 75.1 Å². The van der Waals surface area contributed by atoms with Crippen molar-refractivity contribution in [2.75, 3.05) is 5.32 Å². The molecule has 0 saturated carbocycles. The summed E-state index contributed by atoms with van der Waals surface area (Å²) in [7, 11) is 0. The number of nitrogens with zero attached hydrogens (tertiary/aromatic N) is 2. The Bertz CT molecular complexity index is 543. The molecule has 17 heavy (non-hydrogen) atoms. The SMILES string of the molecule is O=C(Nc1ccc(F)cn1)c1ncccc1O. The molecular weight excluding hydrogens is 225 g/mol. The van der Waals surface area contributed by atoms with Gasteiger partial charge in [0.05, 0.1) is 6.20 Å². The number of hydrogen-bond acceptors (Lipinski definition) is 4. The highest BCUT2D eigenvalue weighted by Crippen LogP contribution is 2.14. The number of rotatable bonds is 2. The highest BCUT2D eigenvalue weighted by molar-refractivity contribution is 6.04. The smallest absolute Gasteiger partial charge is 0.279 e. The summed E-state index contributed by atoms with van der Waals surface area (Å²) in [5, 5.41) is 11.8. The minimum atomic E-state index is -0.609. The van der Waals surface area contributed by atoms with Gasteiger partial charge >= 0.3 is 0 Å². The monoisotopic (exact) mass is 233 g/mol. The molecule has 0 spiro atoms. The molecule has 1 amide bonds. The zero-order valence-corrected chi connectivity index (χ0v) is 8.59. The fraction of sp³-hybridized carbons (Fsp3) is 0. The molecule has 0 fully saturated rings. The molecule has 0 aliphatic heterocycles. The van der Waals surface area contributed by atoms with Gasteiger partial charge in [-0.15, -0.1) is 0 Å². The van der Waals surface area contributed by atoms with E-state index < -0.39 is 11.7 Å². The number of aromatic nitrogens is 2. The average molecular weight is 233 g/mol. The van der Waals surface area contributed by atoms with Crippen molar-refractivity contribution in [3.63, 3.8) is 0 Å². The van der Waals surface area contributed by atoms with Crippen molar-refractivity contribution in [2.45, 2.75) is 0 Å². The van der Waals surface area contributed by atoms with Gasteiger partial charge in [0.2, 0.25) is 0 Å². The first kappa shape index (κ1) is 11.0. The summed E-state index contributed by atoms with van der Waals surface area (Å²) in [6.07, 6.45) is 2.36. The maximum absolute atomic E-state index is 12.6. The third-order valence-corrected chi connectivity index (χ3v) is 1.97. The minimum Gasteiger partial charge on any atom is -0.505 e. The van der Waals surface area contributed by atoms with E-state index in [-0.39, 0.29) is 17.3 Å². The van der Waals surface area contributed by atoms with Crippen LogP contribution in [0.4, 0.5) is 10.2 Å². The number of halogens is 1. The van der Waals surface area contributed by atoms with Crippen molar-refractivity contribution in [3.8, 4) is 5.75 Å². The Morgan fingerprint density at radius 2 is 2.12 bits per heavy atom. The minimum absolute atomic E-state index is 0.112. The van der Waals surface area contributed by atoms with Gasteiger partial charge in [-0.2, -0.15) is 0 Å². The van der Waals surface area contributed by atoms with E-state index in [1.807, 2.05) is 0 Å². The Balaban J connectivity index is 2.17. The van der Waals surface area contributed by atoms with E-state index in [0.29, 0.717) is 0 Å². The molecule has 2 N–H and O–H groups in total. The highest BCUT2D eigenvalue weighted by Gasteiger charge is 2.12. The molecule has 2 aromatic heterocycles. The number of pyridine rings is 2. The van der Waals surface area contributed by atoms with E-state index in [0.717, 1.165) is 6.20 Å². The fourth-order valence-electron chi connectivity index (χ4n) is 1.20. The molecule has 6 heteroatoms. The van der Waals surface area contributed by atoms with E-state index >= 15 is 0 Å². The van der Waals surface area contributed by atoms with Gasteiger partial charge in [0.25, 0.3) is 5.91 Å². The van der Waals surface area contributed by atoms with Crippen LogP contribution in [0.5, 0.6) is 5.75 Å². The molecule has 5 nitrogen and oxygen atoms in total. The molecule has 0 unspecified atom stereocenters. The van der Waals surface area contributed by atoms with Gasteiger partial charge in [0.15, 0.2) is 5.69 Å². The number of hydrogen-bond donors (Lipinski definition) is 2. The summed E-state index contributed by atoms with van der Waals surface area (Å²) in [6.45, 7) is 0. The Hall–Kier alpha value is -2.50. The first-order valence-electron chi connectivity index (χ1n) is 4.74. The van der Waals surface area contributed by atoms with E-state index in [1.54, 1.807) is 0 Å². The van der Waals surface area contributed by atoms with Crippen molar-refractivity contribution in [2.24, 2.45) is 0 Å². The first-order chi connectivity index (χ1) is 8.16. The zero-order chi connectivity index (χ0) is 12.3. The summed E-state index contributed by atoms with van der Waals surface area (Å²) < 4.78 is 12.6. The van der Waals surface area contributed by atoms with Gasteiger partial charge in [-0.1, -0.05) is 0 Å². The van der Waals surface area contributed by atoms with Crippen molar-refractivity contribution in [1.82, 2.24) is 9.97 Å². The predicted molar refractivity (Wildman–Crippen MR) is 58.1 cm³/mol. The van der Waals surface area contributed by atoms with E-state index in [2.05, 4.69) is 15.3 Å². The molecule has 0 saturated heterocycles. The van der Waals surface area contributed by atoms with Crippen LogP contribution in [0.3, 0.4) is 0 Å². The lowest BCUT2D eigenvalue weighted by atomic mass is 10.3. The van der Waals surface area contributed by atoms with Gasteiger partial charge in [-0.25, -0.2) is 14.4 Å². The molecule has 2 heterocycles. The number of nitrogens with one attached hydrogen (secondary N) is 1. The molecule has 0 bridgehead atoms. The highest BCUT2D eigenvalue weighted by atomic mass is 19.1. The Morgan fingerprint density at radius 3 is 2.76 bits per heavy atom. The van der Waals surface area contributed by atoms with Crippen LogP contribution in [-0.2, 0) is 0 Å². The van der Waals surface area contributed by atoms with Crippen LogP contribution in [0.1, 0.15) is 10.5 Å². The Kier molecular flexibility index (Phi) is 2.95. The molecule has 0 aliphatic carbocycles. The lowest BCUT2D eigenvalue weighted by molar-refractivity contribution is 0.101. The maximum Gasteiger partial charge on any atom is 0.279 e. The third-order valence-electron chi connectivity index (χ3n) is 1.97. The molecule has 0 atom stereocenters. The largest absolute Gasteiger partial charge is 0.505 e. The second-order valence-corrected chi connectivity index (χ2v) is 3.19. The summed E-state index contributed by atoms with van der Waals surface area (Å²) in [4.78, 5) is 19.0. The Labute approximate surface area is 96.0 Å². The lowest BCUT2D eigenvalue weighted by Crippen LogP contribution is -2.14. The van der Waals surface area contributed by atoms with Crippen LogP contribution >= 0.6 is 0 Å². The number of carbonyl (C=O) groups is 1. The van der Waals surface area contributed by atoms with Crippen molar-refractivity contribution in [3.05, 3.63) is 48.2 Å². The summed E-state index contributed by atoms with van der Waals surface area (Å²) in [5.41, 5.74) is -0.112. The van der Waals surface area contributed by atoms with Crippen LogP contribution in [0.25, 0.3) is 0 Å². The van der Waals surface area contributed by atoms with Crippen molar-refractivity contribution >= 4 is 11.7 Å². The molecule has 0 radical (unpaired) electrons. The van der Waals surface area contributed by atoms with E-state index in [9.17, 15) is 14.3 Å². The molecular formula is C11H8FN3O2. The van der Waals surface area contributed by atoms with Crippen LogP contribution in [0.2, 0.25) is 0 Å². The standard InChI is InChI=1S/C11H8FN3O2/c12-7-3-4-9(14-6-7)15-11(17)10-8(16)2-1-5-13-10/h1-6,16H,(H,14,15,17). The van der Waals surface area contributed by atoms with E-state index in [1.165, 1.54) is 30.5 Å². The summed E-state index contributed by atoms with van der Waals surface area (Å²) in [6, 6.07) is 5.33. The second kappa shape index (κ2) is 4.56. The van der Waals surface area contributed by atoms with Crippen LogP contribution < -0.4 is 5.32 Å². The molecule has 2 rings (SSSR count). The van der Waals surface area contributed by atoms with Gasteiger partial charge in [0.1, 0.15) is 17.4 Å². The number of aromatic hydroxyl groups is 1. The van der Waals surface area contributed by atoms with Gasteiger partial charge in [-0.05, 0) is 24.3 Å². The average Bonchev–Trinajstić information content (AvgIpc) is 2.32. The normalized spacial score (nSPS) is 9.94. The number of anilines is 1. The summed E-state index contributed by atoms with van der Waals surface area (Å²) in [5.74, 6) is -1.15. The molecule has 2 aromatic rings. The van der Waals surface area contributed by atoms with Crippen molar-refractivity contribution < 1.29 is 14.3 Å². The van der Waals surface area contributed by atoms with Gasteiger partial charge in [0, 0.05) is 6.20 Å². The predicted octanol–water partition coefficient (Wildman–Crippen LogP) is 1.57. The third kappa shape index (κ3) is 2.54. The molecule has 86 valence electrons. The maximum atomic E-state index is 12.6. The van der Waals surface area contributed by atoms with E-state index in [4.69, 9.17) is 0 Å². The number of amides is 1. The van der Waals surface area contributed by atoms with Gasteiger partial charge < -0.3 is 10.4 Å². The van der Waals surface area contributed by atoms with Gasteiger partial charge in [-0.3, -0.25) is 4.79 Å². The van der Waals surface area contributed by atoms with Crippen LogP contribution in [0, 0.1) is 5.82 Å². The number of carbonyl (C=O) groups excluding carboxylic acids is 1. The molecule has 0 aromatic carbocycles. The molecule has 0 aliphatic rings. The van der Waals surface area contributed by atoms with Crippen molar-refractivity contribution in [1.29, 1.82) is 0 Å². The zero-order valence-electron chi connectivity index (χ0n) is 8.59. The quantitative estimate of drug-likeness (QED) is 0.825. The van der Waals surface area contributed by atoms with Crippen LogP contribution in [0.15, 0.2) is 36.7 Å². The Morgan fingerprint density at radius 1 is 1.29 bits per heavy atom. The summed E-state index contributed by atoms with van der Waals surface area (Å²) >= 11 is 0. The second-order valence-electron chi connectivity index (χ2n) is 3.19. The first-order valence-corrected chi connectivity index (χ1v) is 4.74.